The molecule has 0 bridgehead atoms. The molecule has 2 aromatic carbocycles. The van der Waals surface area contributed by atoms with Crippen LogP contribution < -0.4 is 9.29 Å². The Hall–Kier alpha value is -3.39. The van der Waals surface area contributed by atoms with Gasteiger partial charge in [0.25, 0.3) is 0 Å². The summed E-state index contributed by atoms with van der Waals surface area (Å²) in [6, 6.07) is 6.23. The number of allylic oxidation sites excluding steroid dienone is 3. The van der Waals surface area contributed by atoms with E-state index in [1.54, 1.807) is 25.1 Å². The number of carboxylic acid groups (broad SMARTS) is 1. The number of aliphatic carboxylic acids is 1. The van der Waals surface area contributed by atoms with Gasteiger partial charge in [0.2, 0.25) is 0 Å². The van der Waals surface area contributed by atoms with Crippen LogP contribution in [0.3, 0.4) is 0 Å². The van der Waals surface area contributed by atoms with Crippen molar-refractivity contribution in [3.63, 3.8) is 0 Å². The summed E-state index contributed by atoms with van der Waals surface area (Å²) >= 11 is 0. The lowest BCUT2D eigenvalue weighted by atomic mass is 9.88. The highest BCUT2D eigenvalue weighted by Crippen LogP contribution is 2.40. The number of carbonyl (C=O) groups is 2. The fourth-order valence-electron chi connectivity index (χ4n) is 3.90. The largest absolute Gasteiger partial charge is 0.550 e. The third-order valence-electron chi connectivity index (χ3n) is 5.85. The van der Waals surface area contributed by atoms with Gasteiger partial charge in [0.15, 0.2) is 5.75 Å². The Morgan fingerprint density at radius 2 is 1.82 bits per heavy atom. The first-order valence-electron chi connectivity index (χ1n) is 10.9. The Morgan fingerprint density at radius 1 is 1.15 bits per heavy atom. The van der Waals surface area contributed by atoms with E-state index in [9.17, 15) is 23.1 Å². The molecule has 1 heterocycles. The highest BCUT2D eigenvalue weighted by molar-refractivity contribution is 7.87. The molecule has 0 saturated heterocycles. The van der Waals surface area contributed by atoms with E-state index in [4.69, 9.17) is 8.92 Å². The molecule has 2 aromatic rings. The van der Waals surface area contributed by atoms with Gasteiger partial charge in [-0.2, -0.15) is 8.42 Å². The van der Waals surface area contributed by atoms with Crippen molar-refractivity contribution in [1.29, 1.82) is 0 Å². The average molecular weight is 484 g/mol. The van der Waals surface area contributed by atoms with Crippen LogP contribution in [0, 0.1) is 13.8 Å². The van der Waals surface area contributed by atoms with E-state index in [1.807, 2.05) is 19.9 Å². The van der Waals surface area contributed by atoms with E-state index in [1.165, 1.54) is 12.1 Å². The predicted octanol–water partition coefficient (Wildman–Crippen LogP) is 3.49. The number of rotatable bonds is 10. The first-order valence-corrected chi connectivity index (χ1v) is 12.3. The van der Waals surface area contributed by atoms with Gasteiger partial charge in [-0.15, -0.1) is 6.58 Å². The van der Waals surface area contributed by atoms with Gasteiger partial charge in [0.1, 0.15) is 17.1 Å². The maximum absolute atomic E-state index is 13.2. The molecule has 180 valence electrons. The van der Waals surface area contributed by atoms with Gasteiger partial charge >= 0.3 is 16.1 Å². The van der Waals surface area contributed by atoms with Gasteiger partial charge in [-0.25, -0.2) is 4.79 Å². The highest BCUT2D eigenvalue weighted by atomic mass is 32.2. The molecule has 1 aliphatic heterocycles. The van der Waals surface area contributed by atoms with Crippen molar-refractivity contribution in [1.82, 2.24) is 0 Å². The molecule has 0 saturated carbocycles. The Balaban J connectivity index is 2.16. The van der Waals surface area contributed by atoms with Crippen molar-refractivity contribution >= 4 is 22.1 Å². The minimum Gasteiger partial charge on any atom is -0.550 e. The van der Waals surface area contributed by atoms with Gasteiger partial charge in [0, 0.05) is 17.1 Å². The number of hydrogen-bond donors (Lipinski definition) is 0. The fraction of sp³-hybridized carbons (Fsp3) is 0.308. The van der Waals surface area contributed by atoms with Gasteiger partial charge < -0.3 is 18.8 Å². The molecule has 0 aromatic heterocycles. The number of aryl methyl sites for hydroxylation is 1. The second-order valence-electron chi connectivity index (χ2n) is 8.31. The highest BCUT2D eigenvalue weighted by Gasteiger charge is 2.34. The lowest BCUT2D eigenvalue weighted by molar-refractivity contribution is -0.305. The molecular weight excluding hydrogens is 456 g/mol. The molecule has 0 N–H and O–H groups in total. The summed E-state index contributed by atoms with van der Waals surface area (Å²) in [6.45, 7) is 9.32. The first-order chi connectivity index (χ1) is 16.0. The molecule has 0 spiro atoms. The molecule has 0 atom stereocenters. The zero-order valence-electron chi connectivity index (χ0n) is 19.5. The Labute approximate surface area is 199 Å². The van der Waals surface area contributed by atoms with Gasteiger partial charge in [0.05, 0.1) is 0 Å². The summed E-state index contributed by atoms with van der Waals surface area (Å²) in [5.74, 6) is -1.84. The van der Waals surface area contributed by atoms with Crippen molar-refractivity contribution in [2.24, 2.45) is 0 Å². The summed E-state index contributed by atoms with van der Waals surface area (Å²) in [7, 11) is -4.24. The zero-order valence-corrected chi connectivity index (χ0v) is 20.3. The van der Waals surface area contributed by atoms with E-state index in [0.29, 0.717) is 24.0 Å². The summed E-state index contributed by atoms with van der Waals surface area (Å²) in [4.78, 5) is 23.4. The number of fused-ring (bicyclic) bond motifs is 1. The Morgan fingerprint density at radius 3 is 2.44 bits per heavy atom. The van der Waals surface area contributed by atoms with E-state index >= 15 is 0 Å². The number of carbonyl (C=O) groups excluding carboxylic acids is 2. The van der Waals surface area contributed by atoms with Crippen molar-refractivity contribution in [2.75, 3.05) is 0 Å². The maximum atomic E-state index is 13.2. The third kappa shape index (κ3) is 5.39. The second-order valence-corrected chi connectivity index (χ2v) is 9.86. The monoisotopic (exact) mass is 483 g/mol. The van der Waals surface area contributed by atoms with Crippen LogP contribution in [0.1, 0.15) is 57.9 Å². The minimum atomic E-state index is -4.24. The molecule has 7 nitrogen and oxygen atoms in total. The molecule has 34 heavy (non-hydrogen) atoms. The molecular formula is C26H27O7S-. The molecule has 8 heteroatoms. The smallest absolute Gasteiger partial charge is 0.342 e. The van der Waals surface area contributed by atoms with Crippen LogP contribution in [-0.2, 0) is 39.1 Å². The average Bonchev–Trinajstić information content (AvgIpc) is 3.17. The van der Waals surface area contributed by atoms with Crippen LogP contribution in [0.5, 0.6) is 5.75 Å². The predicted molar refractivity (Wildman–Crippen MR) is 125 cm³/mol. The van der Waals surface area contributed by atoms with Crippen molar-refractivity contribution in [3.05, 3.63) is 82.0 Å². The quantitative estimate of drug-likeness (QED) is 0.289. The molecule has 3 rings (SSSR count). The number of benzene rings is 2. The van der Waals surface area contributed by atoms with Gasteiger partial charge in [-0.05, 0) is 69.7 Å². The normalized spacial score (nSPS) is 13.4. The van der Waals surface area contributed by atoms with Crippen LogP contribution in [0.2, 0.25) is 0 Å². The molecule has 1 aliphatic rings. The fourth-order valence-corrected chi connectivity index (χ4v) is 4.86. The van der Waals surface area contributed by atoms with Crippen molar-refractivity contribution in [3.8, 4) is 5.75 Å². The van der Waals surface area contributed by atoms with Crippen LogP contribution in [-0.4, -0.2) is 20.4 Å². The number of esters is 1. The number of ether oxygens (including phenoxy) is 1. The molecule has 0 unspecified atom stereocenters. The number of carboxylic acids is 1. The Bertz CT molecular complexity index is 1270. The van der Waals surface area contributed by atoms with Crippen molar-refractivity contribution < 1.29 is 32.0 Å². The summed E-state index contributed by atoms with van der Waals surface area (Å²) in [6.07, 6.45) is 4.34. The van der Waals surface area contributed by atoms with E-state index in [2.05, 4.69) is 6.58 Å². The Kier molecular flexibility index (Phi) is 7.61. The van der Waals surface area contributed by atoms with Crippen LogP contribution in [0.25, 0.3) is 0 Å². The summed E-state index contributed by atoms with van der Waals surface area (Å²) in [5.41, 5.74) is 4.53. The van der Waals surface area contributed by atoms with E-state index in [-0.39, 0.29) is 35.7 Å². The molecule has 0 amide bonds. The zero-order chi connectivity index (χ0) is 25.0. The first kappa shape index (κ1) is 25.2. The van der Waals surface area contributed by atoms with E-state index in [0.717, 1.165) is 22.3 Å². The number of cyclic esters (lactones) is 1. The van der Waals surface area contributed by atoms with Crippen LogP contribution in [0.15, 0.2) is 53.5 Å². The van der Waals surface area contributed by atoms with Crippen LogP contribution >= 0.6 is 0 Å². The standard InChI is InChI=1S/C26H28O7S/c1-5-6-20-18(4)22-15-32-26(29)24(22)25(21(20)13-9-17(3)10-14-23(27)28)33-34(30,31)19-11-7-16(2)8-12-19/h5,7-9,11-12H,1,6,10,13-15H2,2-4H3,(H,27,28)/p-1/b17-9+. The minimum absolute atomic E-state index is 0.0318. The maximum Gasteiger partial charge on any atom is 0.342 e. The second kappa shape index (κ2) is 10.3. The third-order valence-corrected chi connectivity index (χ3v) is 7.09. The molecule has 0 fully saturated rings. The number of hydrogen-bond acceptors (Lipinski definition) is 7. The van der Waals surface area contributed by atoms with Crippen molar-refractivity contribution in [2.45, 2.75) is 58.0 Å². The topological polar surface area (TPSA) is 110 Å². The molecule has 0 aliphatic carbocycles. The van der Waals surface area contributed by atoms with Crippen LogP contribution in [0.4, 0.5) is 0 Å². The SMILES string of the molecule is C=CCc1c(C)c2c(c(OS(=O)(=O)c3ccc(C)cc3)c1C/C=C(\C)CCC(=O)[O-])C(=O)OC2. The summed E-state index contributed by atoms with van der Waals surface area (Å²) in [5, 5.41) is 10.8. The lowest BCUT2D eigenvalue weighted by Crippen LogP contribution is -2.21. The molecule has 0 radical (unpaired) electrons. The van der Waals surface area contributed by atoms with E-state index < -0.39 is 22.1 Å². The lowest BCUT2D eigenvalue weighted by Gasteiger charge is -2.20. The van der Waals surface area contributed by atoms with Gasteiger partial charge in [-0.3, -0.25) is 0 Å². The summed E-state index contributed by atoms with van der Waals surface area (Å²) < 4.78 is 37.2. The van der Waals surface area contributed by atoms with Gasteiger partial charge in [-0.1, -0.05) is 35.4 Å².